The Balaban J connectivity index is 3.47. The first kappa shape index (κ1) is 12.8. The molecule has 0 radical (unpaired) electrons. The number of hydroxylamine groups is 1. The third-order valence-corrected chi connectivity index (χ3v) is 2.33. The van der Waals surface area contributed by atoms with Crippen LogP contribution in [0.15, 0.2) is 0 Å². The Kier molecular flexibility index (Phi) is 6.23. The molecule has 0 aromatic rings. The number of nitrogens with one attached hydrogen (secondary N) is 1. The highest BCUT2D eigenvalue weighted by Gasteiger charge is 2.09. The molecule has 80 valence electrons. The van der Waals surface area contributed by atoms with Crippen LogP contribution in [0.4, 0.5) is 0 Å². The number of methoxy groups -OCH3 is 1. The highest BCUT2D eigenvalue weighted by Crippen LogP contribution is 1.89. The Labute approximate surface area is 79.3 Å². The van der Waals surface area contributed by atoms with E-state index in [9.17, 15) is 8.42 Å². The summed E-state index contributed by atoms with van der Waals surface area (Å²) in [5.41, 5.74) is 2.61. The van der Waals surface area contributed by atoms with Gasteiger partial charge in [-0.3, -0.25) is 4.84 Å². The van der Waals surface area contributed by atoms with Gasteiger partial charge in [0.1, 0.15) is 9.84 Å². The predicted octanol–water partition coefficient (Wildman–Crippen LogP) is -0.413. The molecule has 5 nitrogen and oxygen atoms in total. The molecule has 0 saturated carbocycles. The topological polar surface area (TPSA) is 64.6 Å². The quantitative estimate of drug-likeness (QED) is 0.458. The molecule has 0 aromatic carbocycles. The molecule has 0 heterocycles. The van der Waals surface area contributed by atoms with Crippen molar-refractivity contribution in [1.29, 1.82) is 0 Å². The first-order valence-corrected chi connectivity index (χ1v) is 6.05. The molecule has 0 aliphatic rings. The van der Waals surface area contributed by atoms with E-state index in [2.05, 4.69) is 5.48 Å². The molecule has 0 aromatic heterocycles. The van der Waals surface area contributed by atoms with Gasteiger partial charge in [-0.05, 0) is 6.92 Å². The molecule has 0 amide bonds. The molecule has 6 heteroatoms. The molecule has 1 atom stereocenters. The van der Waals surface area contributed by atoms with Gasteiger partial charge < -0.3 is 4.74 Å². The molecule has 0 bridgehead atoms. The van der Waals surface area contributed by atoms with Gasteiger partial charge in [-0.25, -0.2) is 8.42 Å². The molecule has 0 spiro atoms. The van der Waals surface area contributed by atoms with Crippen LogP contribution in [0.25, 0.3) is 0 Å². The van der Waals surface area contributed by atoms with Crippen molar-refractivity contribution in [3.05, 3.63) is 0 Å². The Morgan fingerprint density at radius 2 is 2.00 bits per heavy atom. The summed E-state index contributed by atoms with van der Waals surface area (Å²) in [5.74, 6) is 0.0694. The van der Waals surface area contributed by atoms with Gasteiger partial charge in [-0.15, -0.1) is 0 Å². The van der Waals surface area contributed by atoms with Crippen LogP contribution in [0.5, 0.6) is 0 Å². The van der Waals surface area contributed by atoms with Crippen molar-refractivity contribution in [1.82, 2.24) is 5.48 Å². The molecular weight excluding hydrogens is 194 g/mol. The monoisotopic (exact) mass is 211 g/mol. The Hall–Kier alpha value is -0.170. The molecule has 0 aliphatic heterocycles. The third-order valence-electron chi connectivity index (χ3n) is 1.23. The van der Waals surface area contributed by atoms with Crippen LogP contribution in [-0.4, -0.2) is 46.8 Å². The Morgan fingerprint density at radius 1 is 1.38 bits per heavy atom. The Bertz CT molecular complexity index is 215. The van der Waals surface area contributed by atoms with E-state index >= 15 is 0 Å². The summed E-state index contributed by atoms with van der Waals surface area (Å²) in [5, 5.41) is 0. The lowest BCUT2D eigenvalue weighted by molar-refractivity contribution is -0.00521. The van der Waals surface area contributed by atoms with Crippen molar-refractivity contribution in [2.75, 3.05) is 32.3 Å². The molecular formula is C7H17NO4S. The van der Waals surface area contributed by atoms with Crippen LogP contribution >= 0.6 is 0 Å². The standard InChI is InChI=1S/C7H17NO4S/c1-7(6-13(3,9)10)8-12-5-4-11-2/h7-8H,4-6H2,1-3H3. The maximum absolute atomic E-state index is 10.8. The smallest absolute Gasteiger partial charge is 0.149 e. The van der Waals surface area contributed by atoms with Crippen molar-refractivity contribution < 1.29 is 18.0 Å². The lowest BCUT2D eigenvalue weighted by atomic mass is 10.4. The fraction of sp³-hybridized carbons (Fsp3) is 1.00. The van der Waals surface area contributed by atoms with Gasteiger partial charge in [0, 0.05) is 19.4 Å². The van der Waals surface area contributed by atoms with E-state index in [1.807, 2.05) is 0 Å². The van der Waals surface area contributed by atoms with Crippen molar-refractivity contribution in [3.8, 4) is 0 Å². The zero-order valence-corrected chi connectivity index (χ0v) is 9.06. The second-order valence-electron chi connectivity index (χ2n) is 2.95. The fourth-order valence-electron chi connectivity index (χ4n) is 0.814. The average Bonchev–Trinajstić information content (AvgIpc) is 1.94. The summed E-state index contributed by atoms with van der Waals surface area (Å²) in [6, 6.07) is -0.202. The molecule has 1 unspecified atom stereocenters. The van der Waals surface area contributed by atoms with Gasteiger partial charge in [0.25, 0.3) is 0 Å². The van der Waals surface area contributed by atoms with E-state index in [4.69, 9.17) is 9.57 Å². The fourth-order valence-corrected chi connectivity index (χ4v) is 1.79. The molecule has 0 aliphatic carbocycles. The second-order valence-corrected chi connectivity index (χ2v) is 5.14. The summed E-state index contributed by atoms with van der Waals surface area (Å²) in [4.78, 5) is 4.94. The SMILES string of the molecule is COCCONC(C)CS(C)(=O)=O. The number of hydrogen-bond acceptors (Lipinski definition) is 5. The normalized spacial score (nSPS) is 14.4. The minimum atomic E-state index is -2.94. The van der Waals surface area contributed by atoms with E-state index < -0.39 is 9.84 Å². The number of hydrogen-bond donors (Lipinski definition) is 1. The molecule has 0 rings (SSSR count). The second kappa shape index (κ2) is 6.31. The minimum absolute atomic E-state index is 0.0694. The van der Waals surface area contributed by atoms with E-state index in [0.717, 1.165) is 0 Å². The van der Waals surface area contributed by atoms with E-state index in [-0.39, 0.29) is 11.8 Å². The molecule has 0 fully saturated rings. The van der Waals surface area contributed by atoms with E-state index in [1.54, 1.807) is 14.0 Å². The zero-order valence-electron chi connectivity index (χ0n) is 8.24. The van der Waals surface area contributed by atoms with Crippen LogP contribution in [0, 0.1) is 0 Å². The van der Waals surface area contributed by atoms with Gasteiger partial charge in [0.2, 0.25) is 0 Å². The van der Waals surface area contributed by atoms with Gasteiger partial charge >= 0.3 is 0 Å². The number of rotatable bonds is 7. The molecule has 1 N–H and O–H groups in total. The first-order chi connectivity index (χ1) is 5.95. The van der Waals surface area contributed by atoms with Crippen LogP contribution in [0.3, 0.4) is 0 Å². The lowest BCUT2D eigenvalue weighted by Crippen LogP contribution is -2.33. The van der Waals surface area contributed by atoms with Crippen LogP contribution in [-0.2, 0) is 19.4 Å². The number of sulfone groups is 1. The maximum Gasteiger partial charge on any atom is 0.149 e. The first-order valence-electron chi connectivity index (χ1n) is 3.99. The molecule has 13 heavy (non-hydrogen) atoms. The maximum atomic E-state index is 10.8. The van der Waals surface area contributed by atoms with Gasteiger partial charge in [0.15, 0.2) is 0 Å². The molecule has 0 saturated heterocycles. The number of ether oxygens (including phenoxy) is 1. The van der Waals surface area contributed by atoms with Crippen LogP contribution < -0.4 is 5.48 Å². The lowest BCUT2D eigenvalue weighted by Gasteiger charge is -2.11. The third kappa shape index (κ3) is 9.75. The summed E-state index contributed by atoms with van der Waals surface area (Å²) >= 11 is 0. The summed E-state index contributed by atoms with van der Waals surface area (Å²) in [6.07, 6.45) is 1.19. The van der Waals surface area contributed by atoms with Crippen molar-refractivity contribution in [3.63, 3.8) is 0 Å². The largest absolute Gasteiger partial charge is 0.382 e. The highest BCUT2D eigenvalue weighted by molar-refractivity contribution is 7.90. The van der Waals surface area contributed by atoms with Crippen molar-refractivity contribution in [2.24, 2.45) is 0 Å². The average molecular weight is 211 g/mol. The summed E-state index contributed by atoms with van der Waals surface area (Å²) in [6.45, 7) is 2.64. The van der Waals surface area contributed by atoms with Gasteiger partial charge in [-0.1, -0.05) is 0 Å². The van der Waals surface area contributed by atoms with Gasteiger partial charge in [0.05, 0.1) is 19.0 Å². The van der Waals surface area contributed by atoms with Crippen molar-refractivity contribution >= 4 is 9.84 Å². The predicted molar refractivity (Wildman–Crippen MR) is 50.1 cm³/mol. The van der Waals surface area contributed by atoms with Crippen LogP contribution in [0.1, 0.15) is 6.92 Å². The van der Waals surface area contributed by atoms with Crippen LogP contribution in [0.2, 0.25) is 0 Å². The Morgan fingerprint density at radius 3 is 2.46 bits per heavy atom. The minimum Gasteiger partial charge on any atom is -0.382 e. The summed E-state index contributed by atoms with van der Waals surface area (Å²) < 4.78 is 26.4. The zero-order chi connectivity index (χ0) is 10.3. The van der Waals surface area contributed by atoms with Crippen molar-refractivity contribution in [2.45, 2.75) is 13.0 Å². The summed E-state index contributed by atoms with van der Waals surface area (Å²) in [7, 11) is -1.37. The van der Waals surface area contributed by atoms with E-state index in [1.165, 1.54) is 6.26 Å². The highest BCUT2D eigenvalue weighted by atomic mass is 32.2. The van der Waals surface area contributed by atoms with Gasteiger partial charge in [-0.2, -0.15) is 5.48 Å². The van der Waals surface area contributed by atoms with E-state index in [0.29, 0.717) is 13.2 Å².